The van der Waals surface area contributed by atoms with Crippen LogP contribution in [-0.4, -0.2) is 13.0 Å². The highest BCUT2D eigenvalue weighted by Gasteiger charge is 2.17. The van der Waals surface area contributed by atoms with Crippen LogP contribution in [0.1, 0.15) is 15.9 Å². The summed E-state index contributed by atoms with van der Waals surface area (Å²) < 4.78 is 4.90. The molecule has 0 aliphatic heterocycles. The van der Waals surface area contributed by atoms with Crippen LogP contribution in [0.25, 0.3) is 0 Å². The fourth-order valence-corrected chi connectivity index (χ4v) is 1.85. The summed E-state index contributed by atoms with van der Waals surface area (Å²) in [6.45, 7) is 0.197. The van der Waals surface area contributed by atoms with E-state index < -0.39 is 5.91 Å². The summed E-state index contributed by atoms with van der Waals surface area (Å²) in [6.07, 6.45) is 0. The SMILES string of the molecule is COCc1c(Cl)cc(Cl)c(C(N)=O)c1N. The number of carbonyl (C=O) groups is 1. The molecule has 82 valence electrons. The van der Waals surface area contributed by atoms with E-state index in [0.29, 0.717) is 10.6 Å². The summed E-state index contributed by atoms with van der Waals surface area (Å²) in [5, 5.41) is 0.495. The molecule has 0 unspecified atom stereocenters. The number of ether oxygens (including phenoxy) is 1. The van der Waals surface area contributed by atoms with Gasteiger partial charge in [-0.2, -0.15) is 0 Å². The molecule has 6 heteroatoms. The lowest BCUT2D eigenvalue weighted by atomic mass is 10.1. The Bertz CT molecular complexity index is 408. The molecule has 0 spiro atoms. The van der Waals surface area contributed by atoms with E-state index in [0.717, 1.165) is 0 Å². The zero-order valence-corrected chi connectivity index (χ0v) is 9.52. The van der Waals surface area contributed by atoms with Gasteiger partial charge in [0.15, 0.2) is 0 Å². The standard InChI is InChI=1S/C9H10Cl2N2O2/c1-15-3-4-5(10)2-6(11)7(8(4)12)9(13)14/h2H,3,12H2,1H3,(H2,13,14). The first-order valence-electron chi connectivity index (χ1n) is 4.04. The van der Waals surface area contributed by atoms with Gasteiger partial charge in [0.05, 0.1) is 22.9 Å². The number of primary amides is 1. The number of hydrogen-bond donors (Lipinski definition) is 2. The third-order valence-electron chi connectivity index (χ3n) is 1.91. The van der Waals surface area contributed by atoms with Gasteiger partial charge in [-0.15, -0.1) is 0 Å². The van der Waals surface area contributed by atoms with E-state index in [1.54, 1.807) is 0 Å². The molecule has 1 aromatic carbocycles. The average Bonchev–Trinajstić information content (AvgIpc) is 2.11. The van der Waals surface area contributed by atoms with Crippen molar-refractivity contribution in [3.05, 3.63) is 27.2 Å². The first-order chi connectivity index (χ1) is 6.99. The molecule has 4 nitrogen and oxygen atoms in total. The van der Waals surface area contributed by atoms with E-state index in [9.17, 15) is 4.79 Å². The van der Waals surface area contributed by atoms with Crippen LogP contribution in [0.3, 0.4) is 0 Å². The zero-order chi connectivity index (χ0) is 11.6. The topological polar surface area (TPSA) is 78.3 Å². The fourth-order valence-electron chi connectivity index (χ4n) is 1.22. The second kappa shape index (κ2) is 4.70. The molecule has 0 aromatic heterocycles. The van der Waals surface area contributed by atoms with E-state index in [2.05, 4.69) is 0 Å². The van der Waals surface area contributed by atoms with E-state index in [4.69, 9.17) is 39.4 Å². The zero-order valence-electron chi connectivity index (χ0n) is 8.01. The van der Waals surface area contributed by atoms with E-state index in [1.807, 2.05) is 0 Å². The van der Waals surface area contributed by atoms with Gasteiger partial charge in [0.25, 0.3) is 5.91 Å². The molecule has 4 N–H and O–H groups in total. The Morgan fingerprint density at radius 1 is 1.47 bits per heavy atom. The quantitative estimate of drug-likeness (QED) is 0.802. The Hall–Kier alpha value is -0.970. The number of benzene rings is 1. The molecule has 0 bridgehead atoms. The van der Waals surface area contributed by atoms with E-state index in [-0.39, 0.29) is 22.9 Å². The Balaban J connectivity index is 3.42. The maximum atomic E-state index is 11.1. The molecule has 1 aromatic rings. The maximum Gasteiger partial charge on any atom is 0.252 e. The van der Waals surface area contributed by atoms with Crippen LogP contribution in [0.2, 0.25) is 10.0 Å². The van der Waals surface area contributed by atoms with Gasteiger partial charge < -0.3 is 16.2 Å². The summed E-state index contributed by atoms with van der Waals surface area (Å²) >= 11 is 11.7. The van der Waals surface area contributed by atoms with Gasteiger partial charge in [-0.1, -0.05) is 23.2 Å². The van der Waals surface area contributed by atoms with Crippen molar-refractivity contribution >= 4 is 34.8 Å². The van der Waals surface area contributed by atoms with Crippen molar-refractivity contribution in [2.24, 2.45) is 5.73 Å². The minimum atomic E-state index is -0.688. The van der Waals surface area contributed by atoms with Crippen LogP contribution < -0.4 is 11.5 Å². The summed E-state index contributed by atoms with van der Waals surface area (Å²) in [5.41, 5.74) is 11.6. The van der Waals surface area contributed by atoms with Crippen molar-refractivity contribution in [1.82, 2.24) is 0 Å². The van der Waals surface area contributed by atoms with Crippen LogP contribution in [0.4, 0.5) is 5.69 Å². The molecular formula is C9H10Cl2N2O2. The molecule has 0 aliphatic rings. The molecule has 0 heterocycles. The minimum Gasteiger partial charge on any atom is -0.398 e. The van der Waals surface area contributed by atoms with E-state index >= 15 is 0 Å². The molecule has 15 heavy (non-hydrogen) atoms. The number of nitrogens with two attached hydrogens (primary N) is 2. The van der Waals surface area contributed by atoms with Crippen LogP contribution in [0.15, 0.2) is 6.07 Å². The normalized spacial score (nSPS) is 10.3. The van der Waals surface area contributed by atoms with Crippen molar-refractivity contribution in [3.8, 4) is 0 Å². The van der Waals surface area contributed by atoms with Crippen molar-refractivity contribution in [3.63, 3.8) is 0 Å². The number of anilines is 1. The van der Waals surface area contributed by atoms with Gasteiger partial charge in [-0.3, -0.25) is 4.79 Å². The molecule has 0 fully saturated rings. The van der Waals surface area contributed by atoms with Crippen LogP contribution in [0.5, 0.6) is 0 Å². The van der Waals surface area contributed by atoms with Crippen molar-refractivity contribution in [2.45, 2.75) is 6.61 Å². The maximum absolute atomic E-state index is 11.1. The predicted molar refractivity (Wildman–Crippen MR) is 60.1 cm³/mol. The van der Waals surface area contributed by atoms with Crippen LogP contribution in [-0.2, 0) is 11.3 Å². The van der Waals surface area contributed by atoms with Gasteiger partial charge in [0, 0.05) is 17.7 Å². The fraction of sp³-hybridized carbons (Fsp3) is 0.222. The summed E-state index contributed by atoms with van der Waals surface area (Å²) in [5.74, 6) is -0.688. The second-order valence-electron chi connectivity index (χ2n) is 2.90. The largest absolute Gasteiger partial charge is 0.398 e. The molecule has 1 rings (SSSR count). The Morgan fingerprint density at radius 2 is 2.07 bits per heavy atom. The first kappa shape index (κ1) is 12.1. The lowest BCUT2D eigenvalue weighted by Crippen LogP contribution is -2.16. The van der Waals surface area contributed by atoms with Crippen LogP contribution >= 0.6 is 23.2 Å². The molecule has 0 aliphatic carbocycles. The molecule has 0 saturated carbocycles. The minimum absolute atomic E-state index is 0.0770. The van der Waals surface area contributed by atoms with Gasteiger partial charge in [-0.25, -0.2) is 0 Å². The number of methoxy groups -OCH3 is 1. The molecule has 0 atom stereocenters. The number of nitrogen functional groups attached to an aromatic ring is 1. The lowest BCUT2D eigenvalue weighted by Gasteiger charge is -2.11. The third-order valence-corrected chi connectivity index (χ3v) is 2.55. The highest BCUT2D eigenvalue weighted by Crippen LogP contribution is 2.32. The van der Waals surface area contributed by atoms with Crippen molar-refractivity contribution < 1.29 is 9.53 Å². The van der Waals surface area contributed by atoms with Gasteiger partial charge >= 0.3 is 0 Å². The van der Waals surface area contributed by atoms with Gasteiger partial charge in [0.1, 0.15) is 0 Å². The number of hydrogen-bond acceptors (Lipinski definition) is 3. The second-order valence-corrected chi connectivity index (χ2v) is 3.72. The predicted octanol–water partition coefficient (Wildman–Crippen LogP) is 1.82. The summed E-state index contributed by atoms with van der Waals surface area (Å²) in [6, 6.07) is 1.42. The molecule has 0 saturated heterocycles. The summed E-state index contributed by atoms with van der Waals surface area (Å²) in [4.78, 5) is 11.1. The first-order valence-corrected chi connectivity index (χ1v) is 4.79. The molecule has 1 amide bonds. The number of halogens is 2. The lowest BCUT2D eigenvalue weighted by molar-refractivity contribution is 0.100. The Morgan fingerprint density at radius 3 is 2.53 bits per heavy atom. The van der Waals surface area contributed by atoms with Crippen molar-refractivity contribution in [2.75, 3.05) is 12.8 Å². The monoisotopic (exact) mass is 248 g/mol. The van der Waals surface area contributed by atoms with E-state index in [1.165, 1.54) is 13.2 Å². The van der Waals surface area contributed by atoms with Gasteiger partial charge in [0.2, 0.25) is 0 Å². The summed E-state index contributed by atoms with van der Waals surface area (Å²) in [7, 11) is 1.49. The Labute approximate surface area is 97.1 Å². The number of carbonyl (C=O) groups excluding carboxylic acids is 1. The smallest absolute Gasteiger partial charge is 0.252 e. The van der Waals surface area contributed by atoms with Crippen molar-refractivity contribution in [1.29, 1.82) is 0 Å². The van der Waals surface area contributed by atoms with Gasteiger partial charge in [-0.05, 0) is 6.07 Å². The highest BCUT2D eigenvalue weighted by atomic mass is 35.5. The molecule has 0 radical (unpaired) electrons. The number of rotatable bonds is 3. The molecular weight excluding hydrogens is 239 g/mol. The van der Waals surface area contributed by atoms with Crippen LogP contribution in [0, 0.1) is 0 Å². The average molecular weight is 249 g/mol. The Kier molecular flexibility index (Phi) is 3.79. The third kappa shape index (κ3) is 2.34. The highest BCUT2D eigenvalue weighted by molar-refractivity contribution is 6.38. The number of amides is 1.